The zero-order valence-electron chi connectivity index (χ0n) is 92.5. The Morgan fingerprint density at radius 1 is 0.216 bits per heavy atom. The summed E-state index contributed by atoms with van der Waals surface area (Å²) >= 11 is 0. The predicted molar refractivity (Wildman–Crippen MR) is 601 cm³/mol. The molecular weight excluding hydrogens is 1680 g/mol. The molecule has 0 atom stereocenters. The van der Waals surface area contributed by atoms with Crippen LogP contribution in [0.1, 0.15) is 195 Å². The summed E-state index contributed by atoms with van der Waals surface area (Å²) in [5, 5.41) is 4.38. The van der Waals surface area contributed by atoms with Crippen LogP contribution in [0.3, 0.4) is 0 Å². The Morgan fingerprint density at radius 2 is 0.460 bits per heavy atom. The van der Waals surface area contributed by atoms with Gasteiger partial charge in [-0.15, -0.1) is 0 Å². The molecule has 4 heterocycles. The van der Waals surface area contributed by atoms with Crippen LogP contribution in [0, 0.1) is 21.7 Å². The molecule has 5 heteroatoms. The molecule has 0 saturated heterocycles. The maximum Gasteiger partial charge on any atom is 0.252 e. The molecule has 0 N–H and O–H groups in total. The lowest BCUT2D eigenvalue weighted by atomic mass is 9.33. The highest BCUT2D eigenvalue weighted by molar-refractivity contribution is 7.00. The molecule has 0 bridgehead atoms. The van der Waals surface area contributed by atoms with E-state index in [0.717, 1.165) is 211 Å². The first kappa shape index (κ1) is 82.1. The van der Waals surface area contributed by atoms with Gasteiger partial charge >= 0.3 is 0 Å². The lowest BCUT2D eigenvalue weighted by Crippen LogP contribution is -2.61. The number of rotatable bonds is 16. The summed E-state index contributed by atoms with van der Waals surface area (Å²) in [7, 11) is 0. The predicted octanol–water partition coefficient (Wildman–Crippen LogP) is 35.5. The first-order chi connectivity index (χ1) is 69.3. The molecular formula is C134H131BN4. The normalized spacial score (nSPS) is 14.4. The quantitative estimate of drug-likeness (QED) is 0.0897. The van der Waals surface area contributed by atoms with Gasteiger partial charge in [-0.2, -0.15) is 0 Å². The molecule has 139 heavy (non-hydrogen) atoms. The van der Waals surface area contributed by atoms with Crippen molar-refractivity contribution in [1.29, 1.82) is 0 Å². The Balaban J connectivity index is 0.970. The van der Waals surface area contributed by atoms with E-state index < -0.39 is 70.1 Å². The van der Waals surface area contributed by atoms with E-state index in [1.54, 1.807) is 0 Å². The number of nitrogens with zero attached hydrogens (tertiary/aromatic N) is 4. The van der Waals surface area contributed by atoms with Crippen LogP contribution in [0.5, 0.6) is 0 Å². The van der Waals surface area contributed by atoms with Crippen LogP contribution in [0.4, 0.5) is 34.1 Å². The number of fused-ring (bicyclic) bond motifs is 10. The molecule has 0 fully saturated rings. The van der Waals surface area contributed by atoms with Gasteiger partial charge < -0.3 is 18.9 Å². The molecule has 17 aromatic carbocycles. The molecule has 2 aliphatic rings. The Bertz CT molecular complexity index is 7590. The van der Waals surface area contributed by atoms with E-state index in [-0.39, 0.29) is 0 Å². The first-order valence-electron chi connectivity index (χ1n) is 53.6. The third kappa shape index (κ3) is 17.8. The topological polar surface area (TPSA) is 16.3 Å². The van der Waals surface area contributed by atoms with Crippen molar-refractivity contribution in [3.05, 3.63) is 403 Å². The average Bonchev–Trinajstić information content (AvgIpc) is 1.43. The molecule has 0 unspecified atom stereocenters. The van der Waals surface area contributed by atoms with Crippen LogP contribution in [-0.2, 0) is 41.7 Å². The third-order valence-electron chi connectivity index (χ3n) is 27.6. The Kier molecular flexibility index (Phi) is 20.4. The summed E-state index contributed by atoms with van der Waals surface area (Å²) in [6, 6.07) is 132. The third-order valence-corrected chi connectivity index (χ3v) is 27.6. The average molecular weight is 1820 g/mol. The van der Waals surface area contributed by atoms with Crippen LogP contribution in [0.25, 0.3) is 144 Å². The summed E-state index contributed by atoms with van der Waals surface area (Å²) in [6.07, 6.45) is -7.32. The van der Waals surface area contributed by atoms with Crippen LogP contribution in [0.15, 0.2) is 364 Å². The van der Waals surface area contributed by atoms with E-state index in [4.69, 9.17) is 0 Å². The van der Waals surface area contributed by atoms with E-state index in [1.807, 2.05) is 132 Å². The van der Waals surface area contributed by atoms with Gasteiger partial charge in [-0.3, -0.25) is 0 Å². The highest BCUT2D eigenvalue weighted by Crippen LogP contribution is 2.57. The van der Waals surface area contributed by atoms with Crippen molar-refractivity contribution in [1.82, 2.24) is 9.13 Å². The number of aromatic nitrogens is 2. The minimum absolute atomic E-state index is 0.501. The van der Waals surface area contributed by atoms with Crippen LogP contribution in [0.2, 0.25) is 0 Å². The molecule has 2 aromatic heterocycles. The van der Waals surface area contributed by atoms with Gasteiger partial charge in [-0.25, -0.2) is 0 Å². The van der Waals surface area contributed by atoms with E-state index >= 15 is 0 Å². The molecule has 0 amide bonds. The Morgan fingerprint density at radius 3 is 0.705 bits per heavy atom. The monoisotopic (exact) mass is 1820 g/mol. The van der Waals surface area contributed by atoms with Gasteiger partial charge in [0, 0.05) is 88.9 Å². The Hall–Kier alpha value is -14.0. The number of hydrogen-bond donors (Lipinski definition) is 0. The zero-order valence-corrected chi connectivity index (χ0v) is 84.5. The standard InChI is InChI=1S/C134H131BN4/c1-128(2,3)82-86-38-34-50-98(66-86)107-74-102(132(13,14)15)75-108(99-51-35-39-87(67-99)83-129(4,5)6)126(107)138-121-80-105(136-117-62-54-94(90-42-26-22-27-43-90)70-111(117)112-71-95(55-63-118(112)136)91-44-28-23-29-45-91)58-60-115(121)135-116-61-59-106(137-119-64-56-96(92-46-30-24-31-47-92)72-113(119)114-73-97(57-65-120(114)137)93-48-32-25-33-49-93)81-122(116)139(124-79-104(134(19,20)21)78-123(138)125(124)135)127-109(100-52-36-40-88(68-100)84-130(7,8)9)76-103(133(16,17)18)77-110(127)101-53-37-41-89(69-101)85-131(10,11)12/h22-81H,82-85H2,1-21H3/i82D2,83D2,84D2,85D2. The second-order valence-corrected chi connectivity index (χ2v) is 46.0. The molecule has 0 spiro atoms. The lowest BCUT2D eigenvalue weighted by molar-refractivity contribution is 0.411. The van der Waals surface area contributed by atoms with Crippen LogP contribution >= 0.6 is 0 Å². The number of anilines is 6. The molecule has 19 aromatic rings. The molecule has 21 rings (SSSR count). The van der Waals surface area contributed by atoms with E-state index in [9.17, 15) is 11.0 Å². The van der Waals surface area contributed by atoms with Gasteiger partial charge in [0.2, 0.25) is 0 Å². The fraction of sp³-hybridized carbons (Fsp3) is 0.239. The number of hydrogen-bond acceptors (Lipinski definition) is 2. The Labute approximate surface area is 837 Å². The van der Waals surface area contributed by atoms with Crippen molar-refractivity contribution < 1.29 is 11.0 Å². The maximum absolute atomic E-state index is 10.3. The van der Waals surface area contributed by atoms with E-state index in [0.29, 0.717) is 22.3 Å². The zero-order chi connectivity index (χ0) is 104. The summed E-state index contributed by atoms with van der Waals surface area (Å²) in [5.41, 5.74) is 29.8. The largest absolute Gasteiger partial charge is 0.310 e. The summed E-state index contributed by atoms with van der Waals surface area (Å²) < 4.78 is 87.2. The van der Waals surface area contributed by atoms with Crippen molar-refractivity contribution >= 4 is 101 Å². The first-order valence-corrected chi connectivity index (χ1v) is 49.6. The van der Waals surface area contributed by atoms with Crippen LogP contribution < -0.4 is 26.2 Å². The highest BCUT2D eigenvalue weighted by atomic mass is 15.2. The second kappa shape index (κ2) is 34.6. The summed E-state index contributed by atoms with van der Waals surface area (Å²) in [4.78, 5) is 5.16. The van der Waals surface area contributed by atoms with Crippen molar-refractivity contribution in [2.45, 2.75) is 187 Å². The van der Waals surface area contributed by atoms with E-state index in [1.165, 1.54) is 0 Å². The minimum Gasteiger partial charge on any atom is -0.310 e. The lowest BCUT2D eigenvalue weighted by Gasteiger charge is -2.47. The highest BCUT2D eigenvalue weighted by Gasteiger charge is 2.47. The van der Waals surface area contributed by atoms with E-state index in [2.05, 4.69) is 397 Å². The fourth-order valence-corrected chi connectivity index (χ4v) is 21.3. The molecule has 0 saturated carbocycles. The smallest absolute Gasteiger partial charge is 0.252 e. The van der Waals surface area contributed by atoms with Crippen molar-refractivity contribution in [2.75, 3.05) is 9.80 Å². The molecule has 690 valence electrons. The molecule has 0 aliphatic carbocycles. The van der Waals surface area contributed by atoms with Crippen molar-refractivity contribution in [3.63, 3.8) is 0 Å². The maximum atomic E-state index is 10.3. The SMILES string of the molecule is [2H]C([2H])(c1cccc(-c2cc(C(C)(C)C)cc(-c3cccc(C([2H])([2H])C(C)(C)C)c3)c2N2c3cc(-n4c5ccc(-c6ccccc6)cc5c5cc(-c6ccccc6)ccc54)ccc3B3c4ccc(-n5c6ccc(-c7ccccc7)cc6c6cc(-c7ccccc7)ccc65)cc4N(c4c(-c5cccc(C([2H])([2H])C(C)(C)C)c5)cc(C(C)(C)C)cc4-c4cccc(C([2H])([2H])C(C)(C)C)c4)c4cc(C(C)(C)C)cc2c43)c1)C(C)(C)C. The van der Waals surface area contributed by atoms with Crippen LogP contribution in [-0.4, -0.2) is 15.8 Å². The van der Waals surface area contributed by atoms with Gasteiger partial charge in [-0.1, -0.05) is 400 Å². The van der Waals surface area contributed by atoms with Gasteiger partial charge in [0.15, 0.2) is 0 Å². The molecule has 2 aliphatic heterocycles. The fourth-order valence-electron chi connectivity index (χ4n) is 21.3. The number of benzene rings is 17. The minimum atomic E-state index is -1.83. The van der Waals surface area contributed by atoms with Gasteiger partial charge in [0.1, 0.15) is 0 Å². The molecule has 0 radical (unpaired) electrons. The van der Waals surface area contributed by atoms with Crippen molar-refractivity contribution in [3.8, 4) is 100 Å². The second-order valence-electron chi connectivity index (χ2n) is 46.0. The van der Waals surface area contributed by atoms with Gasteiger partial charge in [-0.05, 0) is 295 Å². The van der Waals surface area contributed by atoms with Gasteiger partial charge in [0.05, 0.1) is 33.4 Å². The molecule has 4 nitrogen and oxygen atoms in total. The van der Waals surface area contributed by atoms with Gasteiger partial charge in [0.25, 0.3) is 6.71 Å². The van der Waals surface area contributed by atoms with Crippen molar-refractivity contribution in [2.24, 2.45) is 21.7 Å². The summed E-state index contributed by atoms with van der Waals surface area (Å²) in [6.45, 7) is 43.7. The summed E-state index contributed by atoms with van der Waals surface area (Å²) in [5.74, 6) is 0.